The van der Waals surface area contributed by atoms with Crippen LogP contribution in [0.5, 0.6) is 5.75 Å². The van der Waals surface area contributed by atoms with Crippen molar-refractivity contribution in [3.05, 3.63) is 75.1 Å². The molecule has 2 aromatic carbocycles. The zero-order valence-corrected chi connectivity index (χ0v) is 15.1. The summed E-state index contributed by atoms with van der Waals surface area (Å²) in [6.07, 6.45) is 0. The molecule has 1 amide bonds. The number of aromatic hydroxyl groups is 1. The Morgan fingerprint density at radius 1 is 1.07 bits per heavy atom. The molecular weight excluding hydrogens is 368 g/mol. The minimum atomic E-state index is -0.979. The molecule has 0 saturated heterocycles. The summed E-state index contributed by atoms with van der Waals surface area (Å²) in [7, 11) is 0. The summed E-state index contributed by atoms with van der Waals surface area (Å²) in [5, 5.41) is 10.1. The van der Waals surface area contributed by atoms with E-state index in [2.05, 4.69) is 0 Å². The molecule has 3 aromatic rings. The Morgan fingerprint density at radius 3 is 2.36 bits per heavy atom. The maximum absolute atomic E-state index is 14.3. The molecule has 0 unspecified atom stereocenters. The molecule has 1 heterocycles. The second kappa shape index (κ2) is 6.80. The molecule has 8 heteroatoms. The summed E-state index contributed by atoms with van der Waals surface area (Å²) < 4.78 is 28.6. The van der Waals surface area contributed by atoms with Crippen molar-refractivity contribution in [1.82, 2.24) is 4.57 Å². The number of amides is 1. The number of hydrogen-bond donors (Lipinski definition) is 3. The molecule has 0 atom stereocenters. The summed E-state index contributed by atoms with van der Waals surface area (Å²) in [6.45, 7) is 3.25. The number of primary amides is 1. The van der Waals surface area contributed by atoms with Crippen molar-refractivity contribution >= 4 is 11.7 Å². The van der Waals surface area contributed by atoms with Gasteiger partial charge in [0, 0.05) is 17.2 Å². The van der Waals surface area contributed by atoms with Crippen LogP contribution in [0.1, 0.15) is 21.5 Å². The lowest BCUT2D eigenvalue weighted by Crippen LogP contribution is -2.28. The molecular formula is C20H17F2N3O3. The van der Waals surface area contributed by atoms with E-state index in [-0.39, 0.29) is 33.9 Å². The van der Waals surface area contributed by atoms with Crippen LogP contribution >= 0.6 is 0 Å². The number of hydrogen-bond acceptors (Lipinski definition) is 4. The van der Waals surface area contributed by atoms with E-state index in [0.717, 1.165) is 22.8 Å². The highest BCUT2D eigenvalue weighted by molar-refractivity contribution is 5.98. The second-order valence-electron chi connectivity index (χ2n) is 6.36. The van der Waals surface area contributed by atoms with Crippen molar-refractivity contribution in [3.63, 3.8) is 0 Å². The maximum Gasteiger partial charge on any atom is 0.264 e. The Hall–Kier alpha value is -3.68. The highest BCUT2D eigenvalue weighted by atomic mass is 19.1. The molecule has 28 heavy (non-hydrogen) atoms. The van der Waals surface area contributed by atoms with Crippen molar-refractivity contribution in [3.8, 4) is 22.6 Å². The van der Waals surface area contributed by atoms with Crippen molar-refractivity contribution in [2.24, 2.45) is 5.73 Å². The van der Waals surface area contributed by atoms with Crippen LogP contribution < -0.4 is 17.0 Å². The first-order valence-corrected chi connectivity index (χ1v) is 8.23. The van der Waals surface area contributed by atoms with E-state index >= 15 is 0 Å². The Kier molecular flexibility index (Phi) is 4.64. The number of anilines is 1. The van der Waals surface area contributed by atoms with Crippen LogP contribution in [-0.2, 0) is 0 Å². The van der Waals surface area contributed by atoms with Crippen LogP contribution in [0.2, 0.25) is 0 Å². The Labute approximate surface area is 158 Å². The van der Waals surface area contributed by atoms with Crippen molar-refractivity contribution in [2.45, 2.75) is 13.8 Å². The van der Waals surface area contributed by atoms with Gasteiger partial charge in [-0.1, -0.05) is 6.07 Å². The number of pyridine rings is 1. The fourth-order valence-electron chi connectivity index (χ4n) is 3.12. The van der Waals surface area contributed by atoms with Gasteiger partial charge in [0.2, 0.25) is 0 Å². The molecule has 0 aliphatic heterocycles. The van der Waals surface area contributed by atoms with Crippen LogP contribution in [0.15, 0.2) is 41.2 Å². The minimum absolute atomic E-state index is 0.0918. The smallest absolute Gasteiger partial charge is 0.264 e. The molecule has 0 saturated carbocycles. The zero-order valence-electron chi connectivity index (χ0n) is 15.1. The highest BCUT2D eigenvalue weighted by Gasteiger charge is 2.22. The lowest BCUT2D eigenvalue weighted by atomic mass is 10.0. The summed E-state index contributed by atoms with van der Waals surface area (Å²) in [5.74, 6) is -3.06. The number of benzene rings is 2. The molecule has 0 radical (unpaired) electrons. The Bertz CT molecular complexity index is 1190. The third-order valence-corrected chi connectivity index (χ3v) is 4.55. The molecule has 6 nitrogen and oxygen atoms in total. The van der Waals surface area contributed by atoms with Gasteiger partial charge in [-0.3, -0.25) is 14.2 Å². The quantitative estimate of drug-likeness (QED) is 0.644. The molecule has 3 rings (SSSR count). The SMILES string of the molecule is Cc1ccc(O)c(C)c1-n1c(N)c(C(N)=O)cc(-c2ccc(F)cc2F)c1=O. The average Bonchev–Trinajstić information content (AvgIpc) is 2.62. The number of nitrogen functional groups attached to an aromatic ring is 1. The van der Waals surface area contributed by atoms with E-state index < -0.39 is 23.1 Å². The summed E-state index contributed by atoms with van der Waals surface area (Å²) in [4.78, 5) is 25.1. The third-order valence-electron chi connectivity index (χ3n) is 4.55. The van der Waals surface area contributed by atoms with Crippen molar-refractivity contribution in [2.75, 3.05) is 5.73 Å². The van der Waals surface area contributed by atoms with Gasteiger partial charge in [0.15, 0.2) is 0 Å². The molecule has 5 N–H and O–H groups in total. The number of carbonyl (C=O) groups is 1. The number of rotatable bonds is 3. The zero-order chi connectivity index (χ0) is 20.7. The number of aromatic nitrogens is 1. The van der Waals surface area contributed by atoms with Gasteiger partial charge in [-0.05, 0) is 43.7 Å². The monoisotopic (exact) mass is 385 g/mol. The predicted molar refractivity (Wildman–Crippen MR) is 101 cm³/mol. The van der Waals surface area contributed by atoms with E-state index in [0.29, 0.717) is 17.2 Å². The van der Waals surface area contributed by atoms with Crippen molar-refractivity contribution < 1.29 is 18.7 Å². The van der Waals surface area contributed by atoms with E-state index in [1.165, 1.54) is 6.07 Å². The van der Waals surface area contributed by atoms with E-state index in [1.807, 2.05) is 0 Å². The third kappa shape index (κ3) is 2.98. The van der Waals surface area contributed by atoms with Gasteiger partial charge in [-0.2, -0.15) is 0 Å². The van der Waals surface area contributed by atoms with Gasteiger partial charge in [0.1, 0.15) is 23.2 Å². The standard InChI is InChI=1S/C20H17F2N3O3/c1-9-3-6-16(26)10(2)17(9)25-18(23)14(19(24)27)8-13(20(25)28)12-5-4-11(21)7-15(12)22/h3-8,26H,23H2,1-2H3,(H2,24,27). The highest BCUT2D eigenvalue weighted by Crippen LogP contribution is 2.30. The second-order valence-corrected chi connectivity index (χ2v) is 6.36. The summed E-state index contributed by atoms with van der Waals surface area (Å²) in [5.41, 5.74) is 11.2. The largest absolute Gasteiger partial charge is 0.508 e. The normalized spacial score (nSPS) is 10.9. The Morgan fingerprint density at radius 2 is 1.75 bits per heavy atom. The number of nitrogens with zero attached hydrogens (tertiary/aromatic N) is 1. The van der Waals surface area contributed by atoms with Crippen LogP contribution in [0, 0.1) is 25.5 Å². The number of aryl methyl sites for hydroxylation is 1. The molecule has 0 spiro atoms. The van der Waals surface area contributed by atoms with Crippen LogP contribution in [-0.4, -0.2) is 15.6 Å². The van der Waals surface area contributed by atoms with Gasteiger partial charge in [0.05, 0.1) is 16.8 Å². The minimum Gasteiger partial charge on any atom is -0.508 e. The van der Waals surface area contributed by atoms with Crippen LogP contribution in [0.4, 0.5) is 14.6 Å². The fourth-order valence-corrected chi connectivity index (χ4v) is 3.12. The number of phenolic OH excluding ortho intramolecular Hbond substituents is 1. The van der Waals surface area contributed by atoms with Gasteiger partial charge in [-0.15, -0.1) is 0 Å². The first-order valence-electron chi connectivity index (χ1n) is 8.23. The van der Waals surface area contributed by atoms with Gasteiger partial charge in [-0.25, -0.2) is 8.78 Å². The average molecular weight is 385 g/mol. The summed E-state index contributed by atoms with van der Waals surface area (Å²) >= 11 is 0. The molecule has 0 bridgehead atoms. The molecule has 1 aromatic heterocycles. The number of nitrogens with two attached hydrogens (primary N) is 2. The maximum atomic E-state index is 14.3. The topological polar surface area (TPSA) is 111 Å². The van der Waals surface area contributed by atoms with E-state index in [4.69, 9.17) is 11.5 Å². The predicted octanol–water partition coefficient (Wildman–Crippen LogP) is 2.79. The fraction of sp³-hybridized carbons (Fsp3) is 0.100. The Balaban J connectivity index is 2.49. The van der Waals surface area contributed by atoms with Gasteiger partial charge < -0.3 is 16.6 Å². The van der Waals surface area contributed by atoms with E-state index in [1.54, 1.807) is 19.9 Å². The van der Waals surface area contributed by atoms with Crippen LogP contribution in [0.3, 0.4) is 0 Å². The number of carbonyl (C=O) groups excluding carboxylic acids is 1. The first-order chi connectivity index (χ1) is 13.1. The molecule has 144 valence electrons. The number of phenols is 1. The van der Waals surface area contributed by atoms with Gasteiger partial charge >= 0.3 is 0 Å². The van der Waals surface area contributed by atoms with Gasteiger partial charge in [0.25, 0.3) is 11.5 Å². The van der Waals surface area contributed by atoms with E-state index in [9.17, 15) is 23.5 Å². The molecule has 0 aliphatic rings. The molecule has 0 aliphatic carbocycles. The molecule has 0 fully saturated rings. The lowest BCUT2D eigenvalue weighted by molar-refractivity contribution is 0.100. The van der Waals surface area contributed by atoms with Crippen molar-refractivity contribution in [1.29, 1.82) is 0 Å². The number of halogens is 2. The summed E-state index contributed by atoms with van der Waals surface area (Å²) in [6, 6.07) is 6.82. The lowest BCUT2D eigenvalue weighted by Gasteiger charge is -2.19. The first kappa shape index (κ1) is 19.1. The van der Waals surface area contributed by atoms with Crippen LogP contribution in [0.25, 0.3) is 16.8 Å².